The lowest BCUT2D eigenvalue weighted by molar-refractivity contribution is -0.124. The van der Waals surface area contributed by atoms with Crippen molar-refractivity contribution in [1.29, 1.82) is 0 Å². The van der Waals surface area contributed by atoms with Crippen LogP contribution in [0, 0.1) is 12.3 Å². The van der Waals surface area contributed by atoms with Crippen LogP contribution in [-0.4, -0.2) is 23.5 Å². The summed E-state index contributed by atoms with van der Waals surface area (Å²) in [5.41, 5.74) is 2.03. The van der Waals surface area contributed by atoms with Crippen molar-refractivity contribution >= 4 is 22.0 Å². The number of aromatic nitrogens is 1. The molecule has 4 nitrogen and oxygen atoms in total. The SMILES string of the molecule is CC.Cc1ccc(N2CC(C)(C)C(OS3(c4ccccc4)c4ccccc4C3(C)C)C2=O)nc1. The normalized spacial score (nSPS) is 25.9. The molecule has 0 radical (unpaired) electrons. The minimum atomic E-state index is -1.88. The maximum absolute atomic E-state index is 13.8. The second-order valence-corrected chi connectivity index (χ2v) is 13.2. The Kier molecular flexibility index (Phi) is 6.38. The van der Waals surface area contributed by atoms with Gasteiger partial charge < -0.3 is 4.18 Å². The molecule has 2 aliphatic rings. The van der Waals surface area contributed by atoms with Gasteiger partial charge in [-0.2, -0.15) is 0 Å². The fraction of sp³-hybridized carbons (Fsp3) is 0.379. The summed E-state index contributed by atoms with van der Waals surface area (Å²) in [5.74, 6) is 0.686. The molecule has 0 N–H and O–H groups in total. The van der Waals surface area contributed by atoms with E-state index in [0.29, 0.717) is 12.4 Å². The Morgan fingerprint density at radius 2 is 1.59 bits per heavy atom. The molecule has 0 spiro atoms. The molecule has 1 amide bonds. The maximum Gasteiger partial charge on any atom is 0.259 e. The standard InChI is InChI=1S/C27H30N2O2S.C2H6/c1-19-15-16-23(28-17-19)29-18-26(2,3)24(25(29)30)31-32(20-11-7-6-8-12-20)22-14-10-9-13-21(22)27(32,4)5;1-2/h6-17,24H,18H2,1-5H3;1-2H3. The van der Waals surface area contributed by atoms with Crippen molar-refractivity contribution in [2.24, 2.45) is 5.41 Å². The van der Waals surface area contributed by atoms with Crippen molar-refractivity contribution in [3.8, 4) is 0 Å². The van der Waals surface area contributed by atoms with Gasteiger partial charge in [-0.15, -0.1) is 0 Å². The van der Waals surface area contributed by atoms with Crippen LogP contribution in [0.5, 0.6) is 0 Å². The first-order chi connectivity index (χ1) is 16.2. The van der Waals surface area contributed by atoms with E-state index in [9.17, 15) is 4.79 Å². The molecule has 0 saturated carbocycles. The maximum atomic E-state index is 13.8. The molecule has 3 aromatic rings. The quantitative estimate of drug-likeness (QED) is 0.398. The predicted molar refractivity (Wildman–Crippen MR) is 141 cm³/mol. The van der Waals surface area contributed by atoms with Crippen molar-refractivity contribution in [2.45, 2.75) is 69.1 Å². The van der Waals surface area contributed by atoms with Gasteiger partial charge >= 0.3 is 0 Å². The van der Waals surface area contributed by atoms with E-state index < -0.39 is 16.4 Å². The van der Waals surface area contributed by atoms with Gasteiger partial charge in [0.25, 0.3) is 5.91 Å². The summed E-state index contributed by atoms with van der Waals surface area (Å²) in [6, 6.07) is 22.9. The van der Waals surface area contributed by atoms with E-state index in [1.165, 1.54) is 15.4 Å². The van der Waals surface area contributed by atoms with Crippen molar-refractivity contribution in [1.82, 2.24) is 4.98 Å². The molecule has 2 aliphatic heterocycles. The molecule has 5 heteroatoms. The summed E-state index contributed by atoms with van der Waals surface area (Å²) < 4.78 is 6.93. The van der Waals surface area contributed by atoms with Gasteiger partial charge in [0.1, 0.15) is 5.82 Å². The Bertz CT molecular complexity index is 1170. The summed E-state index contributed by atoms with van der Waals surface area (Å²) in [7, 11) is -1.88. The number of rotatable bonds is 4. The summed E-state index contributed by atoms with van der Waals surface area (Å²) in [5, 5.41) is 0. The van der Waals surface area contributed by atoms with E-state index in [0.717, 1.165) is 5.56 Å². The molecule has 2 atom stereocenters. The third kappa shape index (κ3) is 3.57. The number of nitrogens with zero attached hydrogens (tertiary/aromatic N) is 2. The molecule has 1 fully saturated rings. The van der Waals surface area contributed by atoms with Crippen LogP contribution in [0.4, 0.5) is 5.82 Å². The zero-order valence-electron chi connectivity index (χ0n) is 21.3. The first-order valence-electron chi connectivity index (χ1n) is 12.1. The monoisotopic (exact) mass is 476 g/mol. The Morgan fingerprint density at radius 1 is 0.941 bits per heavy atom. The number of hydrogen-bond donors (Lipinski definition) is 0. The molecular weight excluding hydrogens is 440 g/mol. The van der Waals surface area contributed by atoms with E-state index in [2.05, 4.69) is 81.2 Å². The Hall–Kier alpha value is -2.63. The van der Waals surface area contributed by atoms with Crippen LogP contribution < -0.4 is 4.90 Å². The smallest absolute Gasteiger partial charge is 0.259 e. The van der Waals surface area contributed by atoms with Crippen molar-refractivity contribution in [3.63, 3.8) is 0 Å². The zero-order valence-corrected chi connectivity index (χ0v) is 22.1. The van der Waals surface area contributed by atoms with Crippen LogP contribution >= 0.6 is 10.3 Å². The third-order valence-corrected chi connectivity index (χ3v) is 10.9. The van der Waals surface area contributed by atoms with E-state index in [1.807, 2.05) is 45.2 Å². The number of amides is 1. The van der Waals surface area contributed by atoms with Crippen molar-refractivity contribution in [2.75, 3.05) is 11.4 Å². The van der Waals surface area contributed by atoms with Gasteiger partial charge in [0.15, 0.2) is 6.10 Å². The summed E-state index contributed by atoms with van der Waals surface area (Å²) in [4.78, 5) is 22.5. The molecular formula is C29H36N2O2S. The highest BCUT2D eigenvalue weighted by Gasteiger charge is 2.60. The van der Waals surface area contributed by atoms with E-state index in [-0.39, 0.29) is 16.1 Å². The van der Waals surface area contributed by atoms with Crippen LogP contribution in [0.3, 0.4) is 0 Å². The topological polar surface area (TPSA) is 42.4 Å². The molecule has 0 aliphatic carbocycles. The fourth-order valence-corrected chi connectivity index (χ4v) is 9.29. The Balaban J connectivity index is 0.00000133. The van der Waals surface area contributed by atoms with Gasteiger partial charge in [0.05, 0.1) is 4.75 Å². The number of anilines is 1. The van der Waals surface area contributed by atoms with Gasteiger partial charge in [-0.25, -0.2) is 4.98 Å². The van der Waals surface area contributed by atoms with Gasteiger partial charge in [-0.05, 0) is 56.2 Å². The highest BCUT2D eigenvalue weighted by atomic mass is 32.3. The lowest BCUT2D eigenvalue weighted by Gasteiger charge is -2.62. The Labute approximate surface area is 205 Å². The summed E-state index contributed by atoms with van der Waals surface area (Å²) in [6.07, 6.45) is 1.26. The fourth-order valence-electron chi connectivity index (χ4n) is 5.03. The van der Waals surface area contributed by atoms with E-state index >= 15 is 0 Å². The van der Waals surface area contributed by atoms with Crippen LogP contribution in [0.15, 0.2) is 82.7 Å². The number of benzene rings is 2. The van der Waals surface area contributed by atoms with Crippen LogP contribution in [0.25, 0.3) is 0 Å². The van der Waals surface area contributed by atoms with Crippen LogP contribution in [-0.2, 0) is 13.7 Å². The van der Waals surface area contributed by atoms with Crippen molar-refractivity contribution < 1.29 is 8.98 Å². The van der Waals surface area contributed by atoms with Crippen molar-refractivity contribution in [3.05, 3.63) is 84.1 Å². The molecule has 1 aromatic heterocycles. The lowest BCUT2D eigenvalue weighted by atomic mass is 9.90. The Morgan fingerprint density at radius 3 is 2.24 bits per heavy atom. The van der Waals surface area contributed by atoms with Crippen LogP contribution in [0.2, 0.25) is 0 Å². The minimum Gasteiger partial charge on any atom is -0.313 e. The lowest BCUT2D eigenvalue weighted by Crippen LogP contribution is -2.44. The van der Waals surface area contributed by atoms with E-state index in [1.54, 1.807) is 4.90 Å². The number of carbonyl (C=O) groups excluding carboxylic acids is 1. The second-order valence-electron chi connectivity index (χ2n) is 9.96. The molecule has 34 heavy (non-hydrogen) atoms. The molecule has 0 bridgehead atoms. The molecule has 2 aromatic carbocycles. The predicted octanol–water partition coefficient (Wildman–Crippen LogP) is 7.26. The van der Waals surface area contributed by atoms with Gasteiger partial charge in [0, 0.05) is 27.9 Å². The molecule has 2 unspecified atom stereocenters. The largest absolute Gasteiger partial charge is 0.313 e. The number of hydrogen-bond acceptors (Lipinski definition) is 3. The van der Waals surface area contributed by atoms with Gasteiger partial charge in [-0.3, -0.25) is 9.69 Å². The summed E-state index contributed by atoms with van der Waals surface area (Å²) in [6.45, 7) is 15.3. The number of carbonyl (C=O) groups is 1. The highest BCUT2D eigenvalue weighted by molar-refractivity contribution is 8.31. The summed E-state index contributed by atoms with van der Waals surface area (Å²) >= 11 is 0. The number of aryl methyl sites for hydroxylation is 1. The number of fused-ring (bicyclic) bond motifs is 1. The average Bonchev–Trinajstić information content (AvgIpc) is 3.07. The molecule has 5 rings (SSSR count). The molecule has 180 valence electrons. The van der Waals surface area contributed by atoms with E-state index in [4.69, 9.17) is 4.18 Å². The van der Waals surface area contributed by atoms with Crippen LogP contribution in [0.1, 0.15) is 52.7 Å². The minimum absolute atomic E-state index is 0.00524. The van der Waals surface area contributed by atoms with Gasteiger partial charge in [-0.1, -0.05) is 80.5 Å². The average molecular weight is 477 g/mol. The van der Waals surface area contributed by atoms with Gasteiger partial charge in [0.2, 0.25) is 0 Å². The molecule has 1 saturated heterocycles. The highest BCUT2D eigenvalue weighted by Crippen LogP contribution is 2.84. The zero-order chi connectivity index (χ0) is 24.7. The second kappa shape index (κ2) is 8.86. The number of pyridine rings is 1. The third-order valence-electron chi connectivity index (χ3n) is 6.82. The molecule has 3 heterocycles. The first kappa shape index (κ1) is 24.5. The first-order valence-corrected chi connectivity index (χ1v) is 13.6.